The Morgan fingerprint density at radius 3 is 2.54 bits per heavy atom. The van der Waals surface area contributed by atoms with Crippen LogP contribution in [-0.4, -0.2) is 54.3 Å². The van der Waals surface area contributed by atoms with E-state index in [9.17, 15) is 23.1 Å². The van der Waals surface area contributed by atoms with Gasteiger partial charge in [0.1, 0.15) is 5.75 Å². The molecule has 138 valence electrons. The zero-order valence-corrected chi connectivity index (χ0v) is 15.1. The second-order valence-electron chi connectivity index (χ2n) is 6.28. The van der Waals surface area contributed by atoms with Gasteiger partial charge in [-0.25, -0.2) is 8.42 Å². The SMILES string of the molecule is CCN(C(=O)C(=O)Nc1cccc2c(O)cccc12)C1CCS(=O)(=O)C1. The van der Waals surface area contributed by atoms with Crippen molar-refractivity contribution in [1.29, 1.82) is 0 Å². The van der Waals surface area contributed by atoms with E-state index < -0.39 is 27.7 Å². The molecule has 7 nitrogen and oxygen atoms in total. The van der Waals surface area contributed by atoms with Crippen LogP contribution in [0.3, 0.4) is 0 Å². The molecule has 1 aliphatic heterocycles. The molecular weight excluding hydrogens is 356 g/mol. The quantitative estimate of drug-likeness (QED) is 0.791. The highest BCUT2D eigenvalue weighted by Crippen LogP contribution is 2.29. The van der Waals surface area contributed by atoms with E-state index in [2.05, 4.69) is 5.32 Å². The van der Waals surface area contributed by atoms with Crippen molar-refractivity contribution in [1.82, 2.24) is 4.90 Å². The van der Waals surface area contributed by atoms with Crippen LogP contribution >= 0.6 is 0 Å². The van der Waals surface area contributed by atoms with Gasteiger partial charge < -0.3 is 15.3 Å². The number of hydrogen-bond acceptors (Lipinski definition) is 5. The number of carbonyl (C=O) groups is 2. The van der Waals surface area contributed by atoms with E-state index in [1.54, 1.807) is 43.3 Å². The molecule has 2 amide bonds. The second-order valence-corrected chi connectivity index (χ2v) is 8.51. The van der Waals surface area contributed by atoms with Crippen molar-refractivity contribution in [3.63, 3.8) is 0 Å². The zero-order chi connectivity index (χ0) is 18.9. The fraction of sp³-hybridized carbons (Fsp3) is 0.333. The Morgan fingerprint density at radius 1 is 1.19 bits per heavy atom. The minimum atomic E-state index is -3.16. The summed E-state index contributed by atoms with van der Waals surface area (Å²) >= 11 is 0. The molecule has 1 aliphatic rings. The maximum Gasteiger partial charge on any atom is 0.313 e. The number of likely N-dealkylation sites (N-methyl/N-ethyl adjacent to an activating group) is 1. The summed E-state index contributed by atoms with van der Waals surface area (Å²) in [6, 6.07) is 9.47. The van der Waals surface area contributed by atoms with Crippen LogP contribution < -0.4 is 5.32 Å². The summed E-state index contributed by atoms with van der Waals surface area (Å²) in [5, 5.41) is 13.7. The highest BCUT2D eigenvalue weighted by molar-refractivity contribution is 7.91. The molecular formula is C18H20N2O5S. The Kier molecular flexibility index (Phi) is 4.86. The Hall–Kier alpha value is -2.61. The van der Waals surface area contributed by atoms with Gasteiger partial charge in [0.15, 0.2) is 9.84 Å². The van der Waals surface area contributed by atoms with Gasteiger partial charge in [-0.15, -0.1) is 0 Å². The number of hydrogen-bond donors (Lipinski definition) is 2. The molecule has 1 fully saturated rings. The smallest absolute Gasteiger partial charge is 0.313 e. The summed E-state index contributed by atoms with van der Waals surface area (Å²) in [7, 11) is -3.16. The molecule has 0 aromatic heterocycles. The predicted molar refractivity (Wildman–Crippen MR) is 98.7 cm³/mol. The monoisotopic (exact) mass is 376 g/mol. The third kappa shape index (κ3) is 3.50. The fourth-order valence-electron chi connectivity index (χ4n) is 3.30. The van der Waals surface area contributed by atoms with Crippen molar-refractivity contribution in [2.45, 2.75) is 19.4 Å². The molecule has 2 aromatic rings. The van der Waals surface area contributed by atoms with E-state index in [4.69, 9.17) is 0 Å². The van der Waals surface area contributed by atoms with Gasteiger partial charge in [-0.2, -0.15) is 0 Å². The van der Waals surface area contributed by atoms with Crippen LogP contribution in [0.4, 0.5) is 5.69 Å². The maximum absolute atomic E-state index is 12.5. The summed E-state index contributed by atoms with van der Waals surface area (Å²) in [5.41, 5.74) is 0.409. The first kappa shape index (κ1) is 18.2. The number of phenolic OH excluding ortho intramolecular Hbond substituents is 1. The van der Waals surface area contributed by atoms with Crippen LogP contribution in [-0.2, 0) is 19.4 Å². The number of sulfone groups is 1. The van der Waals surface area contributed by atoms with Crippen LogP contribution in [0.2, 0.25) is 0 Å². The first-order valence-electron chi connectivity index (χ1n) is 8.35. The van der Waals surface area contributed by atoms with Crippen molar-refractivity contribution in [2.75, 3.05) is 23.4 Å². The number of aromatic hydroxyl groups is 1. The number of phenols is 1. The van der Waals surface area contributed by atoms with Crippen LogP contribution in [0.15, 0.2) is 36.4 Å². The third-order valence-corrected chi connectivity index (χ3v) is 6.34. The standard InChI is InChI=1S/C18H20N2O5S/c1-2-20(12-9-10-26(24,25)11-12)18(23)17(22)19-15-7-3-6-14-13(15)5-4-8-16(14)21/h3-8,12,21H,2,9-11H2,1H3,(H,19,22). The summed E-state index contributed by atoms with van der Waals surface area (Å²) < 4.78 is 23.3. The Balaban J connectivity index is 1.81. The van der Waals surface area contributed by atoms with Crippen molar-refractivity contribution >= 4 is 38.1 Å². The minimum Gasteiger partial charge on any atom is -0.507 e. The van der Waals surface area contributed by atoms with E-state index >= 15 is 0 Å². The first-order chi connectivity index (χ1) is 12.3. The molecule has 0 radical (unpaired) electrons. The van der Waals surface area contributed by atoms with E-state index in [0.717, 1.165) is 0 Å². The highest BCUT2D eigenvalue weighted by Gasteiger charge is 2.36. The molecule has 0 aliphatic carbocycles. The summed E-state index contributed by atoms with van der Waals surface area (Å²) in [6.45, 7) is 1.97. The van der Waals surface area contributed by atoms with Crippen molar-refractivity contribution in [3.05, 3.63) is 36.4 Å². The van der Waals surface area contributed by atoms with E-state index in [0.29, 0.717) is 22.9 Å². The number of nitrogens with one attached hydrogen (secondary N) is 1. The average Bonchev–Trinajstić information content (AvgIpc) is 2.96. The van der Waals surface area contributed by atoms with Gasteiger partial charge in [0.2, 0.25) is 0 Å². The lowest BCUT2D eigenvalue weighted by Gasteiger charge is -2.26. The number of fused-ring (bicyclic) bond motifs is 1. The topological polar surface area (TPSA) is 104 Å². The maximum atomic E-state index is 12.5. The number of rotatable bonds is 3. The van der Waals surface area contributed by atoms with Gasteiger partial charge in [0.25, 0.3) is 0 Å². The Morgan fingerprint density at radius 2 is 1.88 bits per heavy atom. The summed E-state index contributed by atoms with van der Waals surface area (Å²) in [4.78, 5) is 26.3. The van der Waals surface area contributed by atoms with Crippen LogP contribution in [0.25, 0.3) is 10.8 Å². The fourth-order valence-corrected chi connectivity index (χ4v) is 5.03. The van der Waals surface area contributed by atoms with Gasteiger partial charge in [0, 0.05) is 29.0 Å². The van der Waals surface area contributed by atoms with Crippen molar-refractivity contribution in [2.24, 2.45) is 0 Å². The Bertz CT molecular complexity index is 971. The molecule has 1 atom stereocenters. The lowest BCUT2D eigenvalue weighted by Crippen LogP contribution is -2.46. The number of amides is 2. The normalized spacial score (nSPS) is 18.6. The van der Waals surface area contributed by atoms with Crippen molar-refractivity contribution < 1.29 is 23.1 Å². The molecule has 2 N–H and O–H groups in total. The molecule has 2 aromatic carbocycles. The van der Waals surface area contributed by atoms with E-state index in [1.807, 2.05) is 0 Å². The third-order valence-electron chi connectivity index (χ3n) is 4.59. The van der Waals surface area contributed by atoms with Crippen LogP contribution in [0, 0.1) is 0 Å². The number of anilines is 1. The van der Waals surface area contributed by atoms with Gasteiger partial charge >= 0.3 is 11.8 Å². The molecule has 1 saturated heterocycles. The van der Waals surface area contributed by atoms with Gasteiger partial charge in [-0.1, -0.05) is 24.3 Å². The zero-order valence-electron chi connectivity index (χ0n) is 14.3. The predicted octanol–water partition coefficient (Wildman–Crippen LogP) is 1.52. The van der Waals surface area contributed by atoms with Gasteiger partial charge in [-0.3, -0.25) is 9.59 Å². The molecule has 0 bridgehead atoms. The number of carbonyl (C=O) groups excluding carboxylic acids is 2. The molecule has 1 unspecified atom stereocenters. The first-order valence-corrected chi connectivity index (χ1v) is 10.2. The lowest BCUT2D eigenvalue weighted by atomic mass is 10.1. The largest absolute Gasteiger partial charge is 0.507 e. The molecule has 0 saturated carbocycles. The van der Waals surface area contributed by atoms with Gasteiger partial charge in [-0.05, 0) is 25.5 Å². The Labute approximate surface area is 151 Å². The number of benzene rings is 2. The molecule has 1 heterocycles. The molecule has 26 heavy (non-hydrogen) atoms. The van der Waals surface area contributed by atoms with Gasteiger partial charge in [0.05, 0.1) is 11.5 Å². The summed E-state index contributed by atoms with van der Waals surface area (Å²) in [6.07, 6.45) is 0.345. The summed E-state index contributed by atoms with van der Waals surface area (Å²) in [5.74, 6) is -1.58. The number of nitrogens with zero attached hydrogens (tertiary/aromatic N) is 1. The lowest BCUT2D eigenvalue weighted by molar-refractivity contribution is -0.144. The molecule has 3 rings (SSSR count). The van der Waals surface area contributed by atoms with E-state index in [-0.39, 0.29) is 23.8 Å². The average molecular weight is 376 g/mol. The highest BCUT2D eigenvalue weighted by atomic mass is 32.2. The van der Waals surface area contributed by atoms with Crippen LogP contribution in [0.1, 0.15) is 13.3 Å². The minimum absolute atomic E-state index is 0.0334. The van der Waals surface area contributed by atoms with E-state index in [1.165, 1.54) is 4.90 Å². The second kappa shape index (κ2) is 6.95. The molecule has 8 heteroatoms. The van der Waals surface area contributed by atoms with Crippen molar-refractivity contribution in [3.8, 4) is 5.75 Å². The van der Waals surface area contributed by atoms with Crippen LogP contribution in [0.5, 0.6) is 5.75 Å². The molecule has 0 spiro atoms.